The van der Waals surface area contributed by atoms with Gasteiger partial charge in [-0.15, -0.1) is 0 Å². The molecule has 0 bridgehead atoms. The number of anilines is 1. The van der Waals surface area contributed by atoms with Crippen molar-refractivity contribution in [2.75, 3.05) is 12.0 Å². The Morgan fingerprint density at radius 1 is 1.14 bits per heavy atom. The van der Waals surface area contributed by atoms with E-state index in [1.165, 1.54) is 0 Å². The summed E-state index contributed by atoms with van der Waals surface area (Å²) in [4.78, 5) is 7.66. The fraction of sp³-hybridized carbons (Fsp3) is 0.182. The smallest absolute Gasteiger partial charge is 0.222 e. The van der Waals surface area contributed by atoms with Crippen LogP contribution in [0, 0.1) is 13.8 Å². The molecular weight excluding hydrogens is 350 g/mol. The average molecular weight is 373 g/mol. The zero-order valence-corrected chi connectivity index (χ0v) is 16.2. The van der Waals surface area contributed by atoms with Crippen molar-refractivity contribution in [3.8, 4) is 11.4 Å². The van der Waals surface area contributed by atoms with Crippen LogP contribution in [0.15, 0.2) is 59.7 Å². The summed E-state index contributed by atoms with van der Waals surface area (Å²) in [6, 6.07) is 18.1. The van der Waals surface area contributed by atoms with E-state index < -0.39 is 0 Å². The van der Waals surface area contributed by atoms with Gasteiger partial charge in [0.05, 0.1) is 23.9 Å². The molecule has 0 radical (unpaired) electrons. The lowest BCUT2D eigenvalue weighted by Gasteiger charge is -2.10. The van der Waals surface area contributed by atoms with E-state index >= 15 is 0 Å². The maximum absolute atomic E-state index is 5.53. The van der Waals surface area contributed by atoms with E-state index in [1.54, 1.807) is 0 Å². The third kappa shape index (κ3) is 3.49. The largest absolute Gasteiger partial charge is 0.494 e. The topological polar surface area (TPSA) is 67.2 Å². The van der Waals surface area contributed by atoms with Crippen LogP contribution in [-0.4, -0.2) is 27.4 Å². The quantitative estimate of drug-likeness (QED) is 0.376. The van der Waals surface area contributed by atoms with Crippen LogP contribution in [0.4, 0.5) is 5.95 Å². The Kier molecular flexibility index (Phi) is 4.85. The molecule has 0 spiro atoms. The van der Waals surface area contributed by atoms with E-state index in [1.807, 2.05) is 49.5 Å². The molecule has 142 valence electrons. The van der Waals surface area contributed by atoms with Crippen LogP contribution in [0.2, 0.25) is 0 Å². The van der Waals surface area contributed by atoms with Gasteiger partial charge in [0.2, 0.25) is 5.95 Å². The fourth-order valence-electron chi connectivity index (χ4n) is 3.34. The second-order valence-electron chi connectivity index (χ2n) is 6.56. The van der Waals surface area contributed by atoms with Crippen LogP contribution in [0.1, 0.15) is 23.9 Å². The molecule has 0 saturated heterocycles. The van der Waals surface area contributed by atoms with Crippen LogP contribution in [0.5, 0.6) is 5.75 Å². The number of hydrogen-bond donors (Lipinski definition) is 2. The Morgan fingerprint density at radius 3 is 2.68 bits per heavy atom. The zero-order valence-electron chi connectivity index (χ0n) is 16.2. The molecule has 2 heterocycles. The molecule has 2 N–H and O–H groups in total. The number of para-hydroxylation sites is 2. The number of imidazole rings is 1. The first-order valence-electron chi connectivity index (χ1n) is 9.31. The minimum absolute atomic E-state index is 0.623. The van der Waals surface area contributed by atoms with Gasteiger partial charge in [-0.2, -0.15) is 5.10 Å². The second kappa shape index (κ2) is 7.60. The van der Waals surface area contributed by atoms with Crippen molar-refractivity contribution in [1.29, 1.82) is 0 Å². The average Bonchev–Trinajstić information content (AvgIpc) is 3.23. The number of hydrogen-bond acceptors (Lipinski definition) is 4. The minimum atomic E-state index is 0.623. The van der Waals surface area contributed by atoms with E-state index in [0.717, 1.165) is 39.4 Å². The number of hydrazone groups is 1. The number of ether oxygens (including phenoxy) is 1. The van der Waals surface area contributed by atoms with Gasteiger partial charge >= 0.3 is 0 Å². The van der Waals surface area contributed by atoms with Gasteiger partial charge in [-0.05, 0) is 63.2 Å². The minimum Gasteiger partial charge on any atom is -0.494 e. The molecule has 4 aromatic rings. The highest BCUT2D eigenvalue weighted by molar-refractivity contribution is 5.83. The van der Waals surface area contributed by atoms with E-state index in [4.69, 9.17) is 4.74 Å². The Morgan fingerprint density at radius 2 is 1.93 bits per heavy atom. The predicted molar refractivity (Wildman–Crippen MR) is 114 cm³/mol. The molecule has 0 fully saturated rings. The summed E-state index contributed by atoms with van der Waals surface area (Å²) in [6.07, 6.45) is 1.82. The van der Waals surface area contributed by atoms with Crippen LogP contribution in [0.3, 0.4) is 0 Å². The molecule has 6 nitrogen and oxygen atoms in total. The molecule has 0 atom stereocenters. The Balaban J connectivity index is 1.54. The number of nitrogens with one attached hydrogen (secondary N) is 2. The molecule has 0 unspecified atom stereocenters. The summed E-state index contributed by atoms with van der Waals surface area (Å²) in [5.41, 5.74) is 9.29. The van der Waals surface area contributed by atoms with Crippen molar-refractivity contribution < 1.29 is 4.74 Å². The lowest BCUT2D eigenvalue weighted by molar-refractivity contribution is 0.340. The Labute approximate surface area is 163 Å². The van der Waals surface area contributed by atoms with Crippen molar-refractivity contribution in [3.05, 3.63) is 71.5 Å². The summed E-state index contributed by atoms with van der Waals surface area (Å²) in [6.45, 7) is 6.83. The van der Waals surface area contributed by atoms with Gasteiger partial charge in [-0.1, -0.05) is 12.1 Å². The standard InChI is InChI=1S/C22H23N5O/c1-4-28-19-11-9-18(10-12-19)27-15(2)13-17(16(27)3)14-23-26-22-24-20-7-5-6-8-21(20)25-22/h5-14H,4H2,1-3H3,(H2,24,25,26)/b23-14+. The van der Waals surface area contributed by atoms with Gasteiger partial charge in [-0.25, -0.2) is 10.4 Å². The lowest BCUT2D eigenvalue weighted by Crippen LogP contribution is -2.00. The van der Waals surface area contributed by atoms with E-state index in [-0.39, 0.29) is 0 Å². The van der Waals surface area contributed by atoms with Gasteiger partial charge in [-0.3, -0.25) is 0 Å². The van der Waals surface area contributed by atoms with Gasteiger partial charge in [0, 0.05) is 22.6 Å². The summed E-state index contributed by atoms with van der Waals surface area (Å²) in [5.74, 6) is 1.50. The van der Waals surface area contributed by atoms with E-state index in [0.29, 0.717) is 12.6 Å². The number of aromatic amines is 1. The number of aryl methyl sites for hydroxylation is 1. The van der Waals surface area contributed by atoms with Crippen molar-refractivity contribution in [1.82, 2.24) is 14.5 Å². The summed E-state index contributed by atoms with van der Waals surface area (Å²) >= 11 is 0. The maximum atomic E-state index is 5.53. The molecular formula is C22H23N5O. The second-order valence-corrected chi connectivity index (χ2v) is 6.56. The van der Waals surface area contributed by atoms with Crippen LogP contribution < -0.4 is 10.2 Å². The molecule has 0 amide bonds. The lowest BCUT2D eigenvalue weighted by atomic mass is 10.2. The number of aromatic nitrogens is 3. The molecule has 0 aliphatic heterocycles. The summed E-state index contributed by atoms with van der Waals surface area (Å²) in [7, 11) is 0. The molecule has 0 aliphatic carbocycles. The van der Waals surface area contributed by atoms with Gasteiger partial charge in [0.25, 0.3) is 0 Å². The molecule has 28 heavy (non-hydrogen) atoms. The van der Waals surface area contributed by atoms with Crippen molar-refractivity contribution in [2.45, 2.75) is 20.8 Å². The van der Waals surface area contributed by atoms with Crippen molar-refractivity contribution in [2.24, 2.45) is 5.10 Å². The SMILES string of the molecule is CCOc1ccc(-n2c(C)cc(/C=N/Nc3nc4ccccc4[nH]3)c2C)cc1. The summed E-state index contributed by atoms with van der Waals surface area (Å²) in [5, 5.41) is 4.35. The third-order valence-electron chi connectivity index (χ3n) is 4.64. The van der Waals surface area contributed by atoms with E-state index in [2.05, 4.69) is 57.1 Å². The zero-order chi connectivity index (χ0) is 19.5. The van der Waals surface area contributed by atoms with E-state index in [9.17, 15) is 0 Å². The first kappa shape index (κ1) is 17.9. The van der Waals surface area contributed by atoms with Gasteiger partial charge in [0.1, 0.15) is 5.75 Å². The molecule has 0 saturated carbocycles. The van der Waals surface area contributed by atoms with Crippen molar-refractivity contribution >= 4 is 23.2 Å². The maximum Gasteiger partial charge on any atom is 0.222 e. The Bertz CT molecular complexity index is 1090. The first-order valence-corrected chi connectivity index (χ1v) is 9.31. The van der Waals surface area contributed by atoms with Gasteiger partial charge in [0.15, 0.2) is 0 Å². The number of fused-ring (bicyclic) bond motifs is 1. The van der Waals surface area contributed by atoms with Crippen LogP contribution in [0.25, 0.3) is 16.7 Å². The molecule has 2 aromatic carbocycles. The molecule has 2 aromatic heterocycles. The molecule has 4 rings (SSSR count). The number of H-pyrrole nitrogens is 1. The highest BCUT2D eigenvalue weighted by Gasteiger charge is 2.09. The number of benzene rings is 2. The van der Waals surface area contributed by atoms with Gasteiger partial charge < -0.3 is 14.3 Å². The highest BCUT2D eigenvalue weighted by atomic mass is 16.5. The summed E-state index contributed by atoms with van der Waals surface area (Å²) < 4.78 is 7.74. The number of rotatable bonds is 6. The van der Waals surface area contributed by atoms with Crippen LogP contribution in [-0.2, 0) is 0 Å². The third-order valence-corrected chi connectivity index (χ3v) is 4.64. The van der Waals surface area contributed by atoms with Crippen LogP contribution >= 0.6 is 0 Å². The molecule has 6 heteroatoms. The fourth-order valence-corrected chi connectivity index (χ4v) is 3.34. The predicted octanol–water partition coefficient (Wildman–Crippen LogP) is 4.82. The molecule has 0 aliphatic rings. The first-order chi connectivity index (χ1) is 13.7. The normalized spacial score (nSPS) is 11.4. The number of nitrogens with zero attached hydrogens (tertiary/aromatic N) is 3. The monoisotopic (exact) mass is 373 g/mol. The highest BCUT2D eigenvalue weighted by Crippen LogP contribution is 2.22. The van der Waals surface area contributed by atoms with Crippen molar-refractivity contribution in [3.63, 3.8) is 0 Å². The Hall–Kier alpha value is -3.54.